The van der Waals surface area contributed by atoms with Gasteiger partial charge in [0.2, 0.25) is 0 Å². The number of carbonyl (C=O) groups is 2. The smallest absolute Gasteiger partial charge is 0.335 e. The minimum atomic E-state index is -2.06. The minimum absolute atomic E-state index is 0.0188. The number of aliphatic hydroxyl groups is 12. The van der Waals surface area contributed by atoms with E-state index in [9.17, 15) is 76.0 Å². The highest BCUT2D eigenvalue weighted by Gasteiger charge is 2.70. The van der Waals surface area contributed by atoms with Crippen LogP contribution in [0, 0.1) is 50.2 Å². The second-order valence-corrected chi connectivity index (χ2v) is 25.6. The summed E-state index contributed by atoms with van der Waals surface area (Å²) >= 11 is 0. The van der Waals surface area contributed by atoms with Crippen LogP contribution in [0.25, 0.3) is 0 Å². The Morgan fingerprint density at radius 2 is 1.34 bits per heavy atom. The van der Waals surface area contributed by atoms with E-state index >= 15 is 0 Å². The van der Waals surface area contributed by atoms with Crippen LogP contribution in [0.2, 0.25) is 0 Å². The first-order valence-electron chi connectivity index (χ1n) is 27.2. The van der Waals surface area contributed by atoms with Crippen molar-refractivity contribution in [2.75, 3.05) is 26.4 Å². The Kier molecular flexibility index (Phi) is 16.3. The Morgan fingerprint density at radius 1 is 0.684 bits per heavy atom. The number of carboxylic acid groups (broad SMARTS) is 1. The molecule has 13 N–H and O–H groups in total. The number of aliphatic carboxylic acids is 1. The fraction of sp³-hybridized carbons (Fsp3) is 0.925. The molecule has 23 heteroatoms. The van der Waals surface area contributed by atoms with Gasteiger partial charge in [0.25, 0.3) is 0 Å². The molecular weight excluding hydrogens is 1000 g/mol. The van der Waals surface area contributed by atoms with Crippen LogP contribution < -0.4 is 0 Å². The average Bonchev–Trinajstić information content (AvgIpc) is 3.51. The van der Waals surface area contributed by atoms with Crippen molar-refractivity contribution in [1.29, 1.82) is 0 Å². The second kappa shape index (κ2) is 21.1. The second-order valence-electron chi connectivity index (χ2n) is 25.6. The van der Waals surface area contributed by atoms with Gasteiger partial charge in [0.05, 0.1) is 38.6 Å². The minimum Gasteiger partial charge on any atom is -0.479 e. The molecule has 9 aliphatic rings. The number of Topliss-reactive ketones (excluding diaryl/α,β-unsaturated/α-hetero) is 1. The SMILES string of the molecule is C[C@H]1O[C@@H](O[C@H]2[C@H](O[C@H]3[C@H](O[C@H]4CC[C@@]5(C)[C@@H](CC[C@]6(C)[C@@H]5CC=C5[C@@H]7C[C@@](C)(CO[C@@H]8O[C@H](CO)[C@@H](O)[C@H](O)[C@H]8O)CC(=O)[C@]7(C)CC[C@]56C)[C@@]4(C)CO)O[C@H](C(=O)O)[C@@H](O)[C@@H]3O)OC[C@@H](O)[C@@H]2O)[C@H](O)[C@H](O)[C@H]1O. The van der Waals surface area contributed by atoms with Crippen LogP contribution in [0.15, 0.2) is 11.6 Å². The zero-order valence-corrected chi connectivity index (χ0v) is 44.4. The Balaban J connectivity index is 0.953. The summed E-state index contributed by atoms with van der Waals surface area (Å²) in [6, 6.07) is 0. The molecule has 0 spiro atoms. The van der Waals surface area contributed by atoms with Gasteiger partial charge in [-0.05, 0) is 97.7 Å². The molecule has 0 aromatic heterocycles. The lowest BCUT2D eigenvalue weighted by Crippen LogP contribution is -2.68. The van der Waals surface area contributed by atoms with Crippen LogP contribution in [0.1, 0.15) is 106 Å². The van der Waals surface area contributed by atoms with Crippen molar-refractivity contribution >= 4 is 11.8 Å². The summed E-state index contributed by atoms with van der Waals surface area (Å²) in [6.07, 6.45) is -24.4. The summed E-state index contributed by atoms with van der Waals surface area (Å²) in [7, 11) is 0. The number of ketones is 1. The molecular formula is C53H84O23. The number of rotatable bonds is 12. The van der Waals surface area contributed by atoms with Gasteiger partial charge in [-0.15, -0.1) is 0 Å². The molecule has 9 rings (SSSR count). The number of hydrogen-bond acceptors (Lipinski definition) is 22. The van der Waals surface area contributed by atoms with Crippen LogP contribution in [0.5, 0.6) is 0 Å². The van der Waals surface area contributed by atoms with Gasteiger partial charge in [-0.3, -0.25) is 4.79 Å². The highest BCUT2D eigenvalue weighted by molar-refractivity contribution is 5.87. The Hall–Kier alpha value is -1.92. The third-order valence-electron chi connectivity index (χ3n) is 21.2. The van der Waals surface area contributed by atoms with Gasteiger partial charge in [0.1, 0.15) is 85.1 Å². The number of allylic oxidation sites excluding steroid dienone is 2. The van der Waals surface area contributed by atoms with E-state index in [-0.39, 0.29) is 59.4 Å². The predicted octanol–water partition coefficient (Wildman–Crippen LogP) is -1.65. The van der Waals surface area contributed by atoms with Crippen molar-refractivity contribution in [3.63, 3.8) is 0 Å². The summed E-state index contributed by atoms with van der Waals surface area (Å²) in [5, 5.41) is 139. The van der Waals surface area contributed by atoms with Crippen molar-refractivity contribution in [1.82, 2.24) is 0 Å². The van der Waals surface area contributed by atoms with Crippen LogP contribution in [-0.2, 0) is 47.5 Å². The molecule has 0 radical (unpaired) electrons. The Labute approximate surface area is 442 Å². The third kappa shape index (κ3) is 9.38. The van der Waals surface area contributed by atoms with Crippen LogP contribution in [-0.4, -0.2) is 227 Å². The molecule has 4 saturated heterocycles. The number of hydrogen-bond donors (Lipinski definition) is 13. The zero-order valence-electron chi connectivity index (χ0n) is 44.4. The van der Waals surface area contributed by atoms with Crippen molar-refractivity contribution < 1.29 is 114 Å². The number of fused-ring (bicyclic) bond motifs is 7. The first kappa shape index (κ1) is 58.7. The Bertz CT molecular complexity index is 2150. The largest absolute Gasteiger partial charge is 0.479 e. The van der Waals surface area contributed by atoms with Gasteiger partial charge in [0, 0.05) is 17.3 Å². The molecule has 29 atom stereocenters. The number of aliphatic hydroxyl groups excluding tert-OH is 12. The number of carboxylic acids is 1. The molecule has 5 aliphatic carbocycles. The highest BCUT2D eigenvalue weighted by Crippen LogP contribution is 2.75. The molecule has 4 heterocycles. The van der Waals surface area contributed by atoms with E-state index in [0.29, 0.717) is 38.5 Å². The molecule has 434 valence electrons. The van der Waals surface area contributed by atoms with E-state index in [1.165, 1.54) is 12.5 Å². The van der Waals surface area contributed by atoms with Gasteiger partial charge < -0.3 is 104 Å². The van der Waals surface area contributed by atoms with Crippen molar-refractivity contribution in [3.05, 3.63) is 11.6 Å². The lowest BCUT2D eigenvalue weighted by atomic mass is 9.33. The normalized spacial score (nSPS) is 55.6. The monoisotopic (exact) mass is 1090 g/mol. The van der Waals surface area contributed by atoms with E-state index in [1.54, 1.807) is 0 Å². The molecule has 4 saturated carbocycles. The van der Waals surface area contributed by atoms with Crippen LogP contribution in [0.4, 0.5) is 0 Å². The van der Waals surface area contributed by atoms with Crippen molar-refractivity contribution in [3.8, 4) is 0 Å². The van der Waals surface area contributed by atoms with Crippen molar-refractivity contribution in [2.24, 2.45) is 50.2 Å². The van der Waals surface area contributed by atoms with Gasteiger partial charge in [-0.25, -0.2) is 4.79 Å². The van der Waals surface area contributed by atoms with Crippen LogP contribution in [0.3, 0.4) is 0 Å². The summed E-state index contributed by atoms with van der Waals surface area (Å²) in [6.45, 7) is 12.9. The zero-order chi connectivity index (χ0) is 55.6. The molecule has 76 heavy (non-hydrogen) atoms. The summed E-state index contributed by atoms with van der Waals surface area (Å²) < 4.78 is 47.9. The standard InChI is InChI=1S/C53H84O23/c1-22-31(58)34(61)39(66)45(71-22)75-41-32(59)25(56)19-69-46(41)76-42-37(64)36(63)40(43(67)68)74-47(42)73-30-11-12-50(4)27(51(30,5)20-55)10-13-53(7)28(50)9-8-23-24-16-48(2,17-29(57)49(24,3)14-15-52(23,53)6)21-70-44-38(65)35(62)33(60)26(18-54)72-44/h8,22,24-28,30-42,44-47,54-56,58-66H,9-21H2,1-7H3,(H,67,68)/t22-,24+,25-,26-,27-,28-,30+,31+,32+,33-,34-,35+,36+,37+,38-,39-,40+,41-,42-,44-,45+,46+,47-,48-,49-,50+,51-,52-,53-/m1/s1. The first-order chi connectivity index (χ1) is 35.5. The van der Waals surface area contributed by atoms with Crippen molar-refractivity contribution in [2.45, 2.75) is 229 Å². The Morgan fingerprint density at radius 3 is 2.01 bits per heavy atom. The molecule has 0 amide bonds. The molecule has 4 aliphatic heterocycles. The maximum Gasteiger partial charge on any atom is 0.335 e. The lowest BCUT2D eigenvalue weighted by molar-refractivity contribution is -0.387. The maximum absolute atomic E-state index is 14.5. The lowest BCUT2D eigenvalue weighted by Gasteiger charge is -2.71. The van der Waals surface area contributed by atoms with E-state index in [0.717, 1.165) is 12.8 Å². The highest BCUT2D eigenvalue weighted by atomic mass is 16.8. The molecule has 0 aromatic rings. The van der Waals surface area contributed by atoms with E-state index in [2.05, 4.69) is 33.8 Å². The first-order valence-corrected chi connectivity index (χ1v) is 27.2. The van der Waals surface area contributed by atoms with Gasteiger partial charge in [0.15, 0.2) is 31.3 Å². The molecule has 0 aromatic carbocycles. The summed E-state index contributed by atoms with van der Waals surface area (Å²) in [4.78, 5) is 27.0. The summed E-state index contributed by atoms with van der Waals surface area (Å²) in [5.74, 6) is -1.69. The molecule has 0 bridgehead atoms. The van der Waals surface area contributed by atoms with Gasteiger partial charge in [-0.1, -0.05) is 53.2 Å². The predicted molar refractivity (Wildman–Crippen MR) is 258 cm³/mol. The van der Waals surface area contributed by atoms with Gasteiger partial charge >= 0.3 is 5.97 Å². The number of ether oxygens (including phenoxy) is 8. The number of carbonyl (C=O) groups excluding carboxylic acids is 1. The molecule has 23 nitrogen and oxygen atoms in total. The summed E-state index contributed by atoms with van der Waals surface area (Å²) in [5.41, 5.74) is -2.08. The molecule has 0 unspecified atom stereocenters. The average molecular weight is 1090 g/mol. The topological polar surface area (TPSA) is 371 Å². The third-order valence-corrected chi connectivity index (χ3v) is 21.2. The maximum atomic E-state index is 14.5. The fourth-order valence-electron chi connectivity index (χ4n) is 16.1. The quantitative estimate of drug-likeness (QED) is 0.0769. The van der Waals surface area contributed by atoms with E-state index < -0.39 is 158 Å². The van der Waals surface area contributed by atoms with E-state index in [1.807, 2.05) is 13.8 Å². The van der Waals surface area contributed by atoms with Crippen LogP contribution >= 0.6 is 0 Å². The van der Waals surface area contributed by atoms with E-state index in [4.69, 9.17) is 37.9 Å². The molecule has 8 fully saturated rings. The fourth-order valence-corrected chi connectivity index (χ4v) is 16.1. The van der Waals surface area contributed by atoms with Gasteiger partial charge in [-0.2, -0.15) is 0 Å².